The number of nitrogens with one attached hydrogen (secondary N) is 2. The number of hydrogen-bond donors (Lipinski definition) is 2. The van der Waals surface area contributed by atoms with E-state index < -0.39 is 21.5 Å². The maximum Gasteiger partial charge on any atom is 0.266 e. The summed E-state index contributed by atoms with van der Waals surface area (Å²) < 4.78 is 33.4. The average Bonchev–Trinajstić information content (AvgIpc) is 3.29. The summed E-state index contributed by atoms with van der Waals surface area (Å²) >= 11 is 1.12. The highest BCUT2D eigenvalue weighted by Gasteiger charge is 2.26. The fraction of sp³-hybridized carbons (Fsp3) is 0.286. The van der Waals surface area contributed by atoms with Gasteiger partial charge in [-0.2, -0.15) is 4.31 Å². The van der Waals surface area contributed by atoms with Gasteiger partial charge in [-0.3, -0.25) is 19.0 Å². The number of hydrogen-bond acceptors (Lipinski definition) is 8. The first-order valence-corrected chi connectivity index (χ1v) is 15.1. The predicted octanol–water partition coefficient (Wildman–Crippen LogP) is 3.30. The maximum atomic E-state index is 13.3. The SMILES string of the molecule is Cc1ccc(NC(=O)c2sc3ncn(CC(=O)Nc4ccc(S(=O)(=O)N5CCOCC5)cc4)c(=O)c3c2C)c(C)c1. The van der Waals surface area contributed by atoms with Gasteiger partial charge in [0, 0.05) is 24.5 Å². The normalized spacial score (nSPS) is 14.2. The third-order valence-corrected chi connectivity index (χ3v) is 9.92. The van der Waals surface area contributed by atoms with Crippen LogP contribution in [0.2, 0.25) is 0 Å². The van der Waals surface area contributed by atoms with Gasteiger partial charge < -0.3 is 15.4 Å². The summed E-state index contributed by atoms with van der Waals surface area (Å²) in [6.07, 6.45) is 1.28. The van der Waals surface area contributed by atoms with Gasteiger partial charge in [0.2, 0.25) is 15.9 Å². The summed E-state index contributed by atoms with van der Waals surface area (Å²) in [7, 11) is -3.65. The number of thiophene rings is 1. The molecule has 41 heavy (non-hydrogen) atoms. The van der Waals surface area contributed by atoms with Crippen LogP contribution in [0.25, 0.3) is 10.2 Å². The van der Waals surface area contributed by atoms with Crippen molar-refractivity contribution >= 4 is 54.8 Å². The van der Waals surface area contributed by atoms with Crippen LogP contribution in [0.4, 0.5) is 11.4 Å². The van der Waals surface area contributed by atoms with E-state index >= 15 is 0 Å². The number of amides is 2. The number of aryl methyl sites for hydroxylation is 3. The number of anilines is 2. The first-order chi connectivity index (χ1) is 19.5. The Bertz CT molecular complexity index is 1810. The molecule has 3 heterocycles. The maximum absolute atomic E-state index is 13.3. The molecule has 1 aliphatic heterocycles. The van der Waals surface area contributed by atoms with Crippen molar-refractivity contribution in [3.05, 3.63) is 80.7 Å². The van der Waals surface area contributed by atoms with Gasteiger partial charge in [-0.1, -0.05) is 17.7 Å². The van der Waals surface area contributed by atoms with Crippen LogP contribution in [-0.2, 0) is 26.1 Å². The molecule has 2 aromatic heterocycles. The zero-order chi connectivity index (χ0) is 29.3. The van der Waals surface area contributed by atoms with E-state index in [0.717, 1.165) is 22.5 Å². The molecule has 1 fully saturated rings. The van der Waals surface area contributed by atoms with Crippen LogP contribution in [-0.4, -0.2) is 60.4 Å². The largest absolute Gasteiger partial charge is 0.379 e. The van der Waals surface area contributed by atoms with Crippen molar-refractivity contribution in [2.45, 2.75) is 32.2 Å². The Kier molecular flexibility index (Phi) is 8.04. The molecule has 0 atom stereocenters. The lowest BCUT2D eigenvalue weighted by Crippen LogP contribution is -2.40. The third-order valence-electron chi connectivity index (χ3n) is 6.81. The molecule has 11 nitrogen and oxygen atoms in total. The molecule has 0 radical (unpaired) electrons. The highest BCUT2D eigenvalue weighted by atomic mass is 32.2. The standard InChI is InChI=1S/C28H29N5O6S2/c1-17-4-9-22(18(2)14-17)31-26(35)25-19(3)24-27(40-25)29-16-32(28(24)36)15-23(34)30-20-5-7-21(8-6-20)41(37,38)33-10-12-39-13-11-33/h4-9,14,16H,10-13,15H2,1-3H3,(H,30,34)(H,31,35). The van der Waals surface area contributed by atoms with Gasteiger partial charge in [0.15, 0.2) is 0 Å². The summed E-state index contributed by atoms with van der Waals surface area (Å²) in [4.78, 5) is 44.3. The van der Waals surface area contributed by atoms with Gasteiger partial charge in [0.05, 0.1) is 34.7 Å². The number of nitrogens with zero attached hydrogens (tertiary/aromatic N) is 3. The highest BCUT2D eigenvalue weighted by Crippen LogP contribution is 2.28. The Labute approximate surface area is 240 Å². The van der Waals surface area contributed by atoms with Crippen LogP contribution >= 0.6 is 11.3 Å². The van der Waals surface area contributed by atoms with Gasteiger partial charge in [-0.05, 0) is 62.2 Å². The molecular formula is C28H29N5O6S2. The number of benzene rings is 2. The van der Waals surface area contributed by atoms with Crippen molar-refractivity contribution in [3.8, 4) is 0 Å². The summed E-state index contributed by atoms with van der Waals surface area (Å²) in [5.74, 6) is -0.821. The lowest BCUT2D eigenvalue weighted by molar-refractivity contribution is -0.116. The highest BCUT2D eigenvalue weighted by molar-refractivity contribution is 7.89. The molecule has 0 spiro atoms. The molecule has 214 valence electrons. The van der Waals surface area contributed by atoms with Crippen molar-refractivity contribution in [3.63, 3.8) is 0 Å². The number of carbonyl (C=O) groups excluding carboxylic acids is 2. The zero-order valence-electron chi connectivity index (χ0n) is 22.8. The van der Waals surface area contributed by atoms with Crippen LogP contribution in [0.1, 0.15) is 26.4 Å². The fourth-order valence-corrected chi connectivity index (χ4v) is 7.07. The predicted molar refractivity (Wildman–Crippen MR) is 157 cm³/mol. The number of rotatable bonds is 7. The van der Waals surface area contributed by atoms with Gasteiger partial charge >= 0.3 is 0 Å². The van der Waals surface area contributed by atoms with Gasteiger partial charge in [0.25, 0.3) is 11.5 Å². The van der Waals surface area contributed by atoms with Gasteiger partial charge in [0.1, 0.15) is 11.4 Å². The molecule has 1 saturated heterocycles. The molecule has 2 N–H and O–H groups in total. The van der Waals surface area contributed by atoms with Gasteiger partial charge in [-0.15, -0.1) is 11.3 Å². The van der Waals surface area contributed by atoms with Crippen molar-refractivity contribution in [1.82, 2.24) is 13.9 Å². The number of morpholine rings is 1. The summed E-state index contributed by atoms with van der Waals surface area (Å²) in [6.45, 7) is 6.53. The number of fused-ring (bicyclic) bond motifs is 1. The molecule has 0 aliphatic carbocycles. The Hall–Kier alpha value is -3.91. The smallest absolute Gasteiger partial charge is 0.266 e. The molecule has 0 saturated carbocycles. The minimum absolute atomic E-state index is 0.119. The van der Waals surface area contributed by atoms with E-state index in [-0.39, 0.29) is 35.8 Å². The molecule has 13 heteroatoms. The van der Waals surface area contributed by atoms with E-state index in [9.17, 15) is 22.8 Å². The lowest BCUT2D eigenvalue weighted by atomic mass is 10.1. The first kappa shape index (κ1) is 28.6. The van der Waals surface area contributed by atoms with Crippen molar-refractivity contribution < 1.29 is 22.7 Å². The fourth-order valence-electron chi connectivity index (χ4n) is 4.62. The second-order valence-corrected chi connectivity index (χ2v) is 12.7. The Morgan fingerprint density at radius 2 is 1.73 bits per heavy atom. The number of aromatic nitrogens is 2. The number of ether oxygens (including phenoxy) is 1. The van der Waals surface area contributed by atoms with Crippen LogP contribution in [0, 0.1) is 20.8 Å². The summed E-state index contributed by atoms with van der Waals surface area (Å²) in [5, 5.41) is 5.87. The van der Waals surface area contributed by atoms with Crippen molar-refractivity contribution in [2.24, 2.45) is 0 Å². The summed E-state index contributed by atoms with van der Waals surface area (Å²) in [5.41, 5.74) is 3.15. The molecule has 2 aromatic carbocycles. The van der Waals surface area contributed by atoms with E-state index in [1.807, 2.05) is 32.0 Å². The van der Waals surface area contributed by atoms with Crippen LogP contribution in [0.5, 0.6) is 0 Å². The monoisotopic (exact) mass is 595 g/mol. The second-order valence-electron chi connectivity index (χ2n) is 9.78. The molecule has 0 bridgehead atoms. The van der Waals surface area contributed by atoms with Crippen LogP contribution in [0.3, 0.4) is 0 Å². The van der Waals surface area contributed by atoms with E-state index in [1.165, 1.54) is 39.5 Å². The third kappa shape index (κ3) is 5.93. The van der Waals surface area contributed by atoms with E-state index in [2.05, 4.69) is 15.6 Å². The topological polar surface area (TPSA) is 140 Å². The van der Waals surface area contributed by atoms with Crippen molar-refractivity contribution in [2.75, 3.05) is 36.9 Å². The second kappa shape index (κ2) is 11.5. The summed E-state index contributed by atoms with van der Waals surface area (Å²) in [6, 6.07) is 11.6. The zero-order valence-corrected chi connectivity index (χ0v) is 24.4. The first-order valence-electron chi connectivity index (χ1n) is 12.9. The number of sulfonamides is 1. The molecule has 1 aliphatic rings. The van der Waals surface area contributed by atoms with E-state index in [1.54, 1.807) is 6.92 Å². The van der Waals surface area contributed by atoms with Crippen LogP contribution in [0.15, 0.2) is 58.5 Å². The van der Waals surface area contributed by atoms with Gasteiger partial charge in [-0.25, -0.2) is 13.4 Å². The Morgan fingerprint density at radius 1 is 1.02 bits per heavy atom. The van der Waals surface area contributed by atoms with E-state index in [0.29, 0.717) is 39.9 Å². The molecule has 2 amide bonds. The average molecular weight is 596 g/mol. The minimum atomic E-state index is -3.65. The molecular weight excluding hydrogens is 566 g/mol. The van der Waals surface area contributed by atoms with E-state index in [4.69, 9.17) is 4.74 Å². The van der Waals surface area contributed by atoms with Crippen LogP contribution < -0.4 is 16.2 Å². The Morgan fingerprint density at radius 3 is 2.41 bits per heavy atom. The lowest BCUT2D eigenvalue weighted by Gasteiger charge is -2.26. The molecule has 4 aromatic rings. The number of carbonyl (C=O) groups is 2. The minimum Gasteiger partial charge on any atom is -0.379 e. The van der Waals surface area contributed by atoms with Crippen molar-refractivity contribution in [1.29, 1.82) is 0 Å². The quantitative estimate of drug-likeness (QED) is 0.334. The Balaban J connectivity index is 1.29. The molecule has 5 rings (SSSR count). The molecule has 0 unspecified atom stereocenters.